The minimum Gasteiger partial charge on any atom is -0.488 e. The van der Waals surface area contributed by atoms with E-state index in [1.54, 1.807) is 12.3 Å². The Morgan fingerprint density at radius 2 is 1.77 bits per heavy atom. The number of piperidine rings is 1. The Morgan fingerprint density at radius 1 is 1.02 bits per heavy atom. The van der Waals surface area contributed by atoms with Crippen LogP contribution in [0.5, 0.6) is 11.5 Å². The zero-order valence-corrected chi connectivity index (χ0v) is 26.3. The molecule has 9 heteroatoms. The second-order valence-corrected chi connectivity index (χ2v) is 12.9. The number of aliphatic carboxylic acids is 1. The van der Waals surface area contributed by atoms with E-state index in [0.29, 0.717) is 52.6 Å². The molecule has 1 aliphatic heterocycles. The number of carboxylic acid groups (broad SMARTS) is 1. The summed E-state index contributed by atoms with van der Waals surface area (Å²) in [6, 6.07) is 11.1. The number of ether oxygens (including phenoxy) is 3. The van der Waals surface area contributed by atoms with E-state index in [9.17, 15) is 9.90 Å². The average molecular weight is 608 g/mol. The molecule has 0 radical (unpaired) electrons. The van der Waals surface area contributed by atoms with Crippen LogP contribution in [-0.2, 0) is 9.53 Å². The Kier molecular flexibility index (Phi) is 9.77. The van der Waals surface area contributed by atoms with Crippen molar-refractivity contribution in [2.45, 2.75) is 71.5 Å². The smallest absolute Gasteiger partial charge is 0.337 e. The topological polar surface area (TPSA) is 94.0 Å². The van der Waals surface area contributed by atoms with Crippen molar-refractivity contribution >= 4 is 23.3 Å². The van der Waals surface area contributed by atoms with Gasteiger partial charge in [-0.2, -0.15) is 0 Å². The highest BCUT2D eigenvalue weighted by atomic mass is 35.5. The molecule has 2 unspecified atom stereocenters. The fourth-order valence-corrected chi connectivity index (χ4v) is 6.53. The molecule has 3 aromatic rings. The highest BCUT2D eigenvalue weighted by molar-refractivity contribution is 6.32. The van der Waals surface area contributed by atoms with Gasteiger partial charge in [-0.1, -0.05) is 43.0 Å². The van der Waals surface area contributed by atoms with Gasteiger partial charge in [0.05, 0.1) is 28.2 Å². The number of pyridine rings is 2. The van der Waals surface area contributed by atoms with Crippen molar-refractivity contribution in [3.63, 3.8) is 0 Å². The molecule has 1 saturated heterocycles. The molecule has 1 aromatic carbocycles. The van der Waals surface area contributed by atoms with Crippen LogP contribution >= 0.6 is 11.6 Å². The van der Waals surface area contributed by atoms with E-state index in [1.165, 1.54) is 25.7 Å². The zero-order valence-electron chi connectivity index (χ0n) is 25.5. The lowest BCUT2D eigenvalue weighted by Crippen LogP contribution is -2.43. The molecule has 1 N–H and O–H groups in total. The highest BCUT2D eigenvalue weighted by Gasteiger charge is 2.37. The Balaban J connectivity index is 1.43. The monoisotopic (exact) mass is 607 g/mol. The second-order valence-electron chi connectivity index (χ2n) is 12.5. The summed E-state index contributed by atoms with van der Waals surface area (Å²) in [6.45, 7) is 9.92. The number of hydrogen-bond acceptors (Lipinski definition) is 7. The van der Waals surface area contributed by atoms with Crippen molar-refractivity contribution in [2.75, 3.05) is 31.2 Å². The maximum Gasteiger partial charge on any atom is 0.337 e. The summed E-state index contributed by atoms with van der Waals surface area (Å²) in [5.41, 5.74) is 2.96. The van der Waals surface area contributed by atoms with Crippen LogP contribution < -0.4 is 14.4 Å². The van der Waals surface area contributed by atoms with Crippen LogP contribution in [0.25, 0.3) is 11.3 Å². The number of fused-ring (bicyclic) bond motifs is 1. The maximum absolute atomic E-state index is 12.7. The van der Waals surface area contributed by atoms with Crippen LogP contribution in [-0.4, -0.2) is 52.9 Å². The lowest BCUT2D eigenvalue weighted by molar-refractivity contribution is -0.160. The first-order chi connectivity index (χ1) is 20.6. The predicted octanol–water partition coefficient (Wildman–Crippen LogP) is 7.52. The van der Waals surface area contributed by atoms with Gasteiger partial charge in [-0.25, -0.2) is 4.79 Å². The van der Waals surface area contributed by atoms with Crippen molar-refractivity contribution in [1.29, 1.82) is 0 Å². The molecule has 43 heavy (non-hydrogen) atoms. The van der Waals surface area contributed by atoms with E-state index in [4.69, 9.17) is 30.8 Å². The number of rotatable bonds is 10. The lowest BCUT2D eigenvalue weighted by Gasteiger charge is -2.44. The average Bonchev–Trinajstić information content (AvgIpc) is 2.98. The van der Waals surface area contributed by atoms with Crippen LogP contribution in [0.1, 0.15) is 70.2 Å². The summed E-state index contributed by atoms with van der Waals surface area (Å²) in [5.74, 6) is 1.53. The number of benzene rings is 1. The first-order valence-corrected chi connectivity index (χ1v) is 15.6. The minimum absolute atomic E-state index is 0.328. The molecule has 1 aliphatic carbocycles. The van der Waals surface area contributed by atoms with Gasteiger partial charge in [-0.3, -0.25) is 9.97 Å². The van der Waals surface area contributed by atoms with Gasteiger partial charge in [0.25, 0.3) is 0 Å². The fraction of sp³-hybridized carbons (Fsp3) is 0.500. The molecule has 0 spiro atoms. The van der Waals surface area contributed by atoms with E-state index in [1.807, 2.05) is 64.2 Å². The van der Waals surface area contributed by atoms with Gasteiger partial charge in [-0.15, -0.1) is 0 Å². The summed E-state index contributed by atoms with van der Waals surface area (Å²) in [6.07, 6.45) is 8.48. The third kappa shape index (κ3) is 7.60. The van der Waals surface area contributed by atoms with Crippen LogP contribution in [0.15, 0.2) is 48.8 Å². The number of halogens is 1. The first-order valence-electron chi connectivity index (χ1n) is 15.2. The molecule has 3 atom stereocenters. The number of aromatic nitrogens is 2. The number of anilines is 1. The summed E-state index contributed by atoms with van der Waals surface area (Å²) < 4.78 is 17.8. The van der Waals surface area contributed by atoms with Crippen molar-refractivity contribution in [1.82, 2.24) is 9.97 Å². The highest BCUT2D eigenvalue weighted by Crippen LogP contribution is 2.44. The SMILES string of the molecule is Cc1ncc(-c2ccc(OCCOc3ccccc3Cl)cn2)c(N2CCC3CCCCC3C2)c1[C@H](OC(C)(C)C)C(=O)O. The third-order valence-corrected chi connectivity index (χ3v) is 8.62. The molecule has 0 amide bonds. The molecule has 230 valence electrons. The van der Waals surface area contributed by atoms with E-state index >= 15 is 0 Å². The summed E-state index contributed by atoms with van der Waals surface area (Å²) in [7, 11) is 0. The zero-order chi connectivity index (χ0) is 30.6. The molecule has 8 nitrogen and oxygen atoms in total. The Bertz CT molecular complexity index is 1410. The van der Waals surface area contributed by atoms with Crippen molar-refractivity contribution in [3.05, 3.63) is 65.1 Å². The second kappa shape index (κ2) is 13.5. The Labute approximate surface area is 259 Å². The molecule has 1 saturated carbocycles. The first kappa shape index (κ1) is 31.1. The van der Waals surface area contributed by atoms with E-state index in [0.717, 1.165) is 36.7 Å². The normalized spacial score (nSPS) is 19.4. The van der Waals surface area contributed by atoms with Crippen molar-refractivity contribution in [3.8, 4) is 22.8 Å². The summed E-state index contributed by atoms with van der Waals surface area (Å²) >= 11 is 6.16. The number of carboxylic acids is 1. The molecule has 3 heterocycles. The maximum atomic E-state index is 12.7. The minimum atomic E-state index is -1.16. The molecule has 0 bridgehead atoms. The van der Waals surface area contributed by atoms with E-state index < -0.39 is 17.7 Å². The number of nitrogens with zero attached hydrogens (tertiary/aromatic N) is 3. The molecule has 2 aliphatic rings. The molecule has 2 aromatic heterocycles. The predicted molar refractivity (Wildman–Crippen MR) is 168 cm³/mol. The summed E-state index contributed by atoms with van der Waals surface area (Å²) in [4.78, 5) is 24.5. The third-order valence-electron chi connectivity index (χ3n) is 8.31. The molecule has 2 fully saturated rings. The quantitative estimate of drug-likeness (QED) is 0.237. The molecular weight excluding hydrogens is 566 g/mol. The van der Waals surface area contributed by atoms with Crippen LogP contribution in [0, 0.1) is 18.8 Å². The van der Waals surface area contributed by atoms with Crippen molar-refractivity contribution < 1.29 is 24.1 Å². The van der Waals surface area contributed by atoms with Gasteiger partial charge in [0.1, 0.15) is 24.7 Å². The van der Waals surface area contributed by atoms with Gasteiger partial charge < -0.3 is 24.2 Å². The largest absolute Gasteiger partial charge is 0.488 e. The van der Waals surface area contributed by atoms with Gasteiger partial charge in [0, 0.05) is 36.1 Å². The Morgan fingerprint density at radius 3 is 2.47 bits per heavy atom. The number of carbonyl (C=O) groups is 1. The van der Waals surface area contributed by atoms with Gasteiger partial charge in [0.15, 0.2) is 6.10 Å². The van der Waals surface area contributed by atoms with Gasteiger partial charge in [-0.05, 0) is 76.6 Å². The fourth-order valence-electron chi connectivity index (χ4n) is 6.34. The van der Waals surface area contributed by atoms with Crippen LogP contribution in [0.2, 0.25) is 5.02 Å². The lowest BCUT2D eigenvalue weighted by atomic mass is 9.75. The number of hydrogen-bond donors (Lipinski definition) is 1. The van der Waals surface area contributed by atoms with E-state index in [-0.39, 0.29) is 0 Å². The van der Waals surface area contributed by atoms with E-state index in [2.05, 4.69) is 9.88 Å². The van der Waals surface area contributed by atoms with Crippen LogP contribution in [0.3, 0.4) is 0 Å². The van der Waals surface area contributed by atoms with Crippen LogP contribution in [0.4, 0.5) is 5.69 Å². The summed E-state index contributed by atoms with van der Waals surface area (Å²) in [5, 5.41) is 10.9. The van der Waals surface area contributed by atoms with Gasteiger partial charge >= 0.3 is 5.97 Å². The number of para-hydroxylation sites is 1. The molecular formula is C34H42ClN3O5. The standard InChI is InChI=1S/C34H42ClN3O5/c1-22-30(32(33(39)40)43-34(2,3)4)31(38-16-15-23-9-5-6-10-24(23)21-38)26(20-36-22)28-14-13-25(19-37-28)41-17-18-42-29-12-8-7-11-27(29)35/h7-8,11-14,19-20,23-24,32H,5-6,9-10,15-18,21H2,1-4H3,(H,39,40)/t23?,24?,32-/m0/s1. The van der Waals surface area contributed by atoms with Crippen molar-refractivity contribution in [2.24, 2.45) is 11.8 Å². The molecule has 5 rings (SSSR count). The number of aryl methyl sites for hydroxylation is 1. The Hall–Kier alpha value is -3.36. The van der Waals surface area contributed by atoms with Gasteiger partial charge in [0.2, 0.25) is 0 Å².